The van der Waals surface area contributed by atoms with Crippen LogP contribution in [0.15, 0.2) is 53.6 Å². The fraction of sp³-hybridized carbons (Fsp3) is 0.176. The van der Waals surface area contributed by atoms with Crippen molar-refractivity contribution in [3.8, 4) is 17.2 Å². The van der Waals surface area contributed by atoms with Crippen molar-refractivity contribution in [2.24, 2.45) is 0 Å². The third kappa shape index (κ3) is 3.21. The summed E-state index contributed by atoms with van der Waals surface area (Å²) >= 11 is 0. The number of anilines is 1. The number of aromatic nitrogens is 3. The highest BCUT2D eigenvalue weighted by Gasteiger charge is 2.27. The molecule has 26 heavy (non-hydrogen) atoms. The van der Waals surface area contributed by atoms with Gasteiger partial charge >= 0.3 is 0 Å². The molecule has 0 unspecified atom stereocenters. The second kappa shape index (κ2) is 7.04. The van der Waals surface area contributed by atoms with Crippen molar-refractivity contribution in [3.05, 3.63) is 54.2 Å². The number of sulfonamides is 1. The van der Waals surface area contributed by atoms with Crippen LogP contribution in [0.5, 0.6) is 11.5 Å². The molecule has 2 aromatic carbocycles. The topological polar surface area (TPSA) is 95.3 Å². The van der Waals surface area contributed by atoms with E-state index in [0.717, 1.165) is 0 Å². The smallest absolute Gasteiger partial charge is 0.270 e. The fourth-order valence-corrected chi connectivity index (χ4v) is 3.99. The Bertz CT molecular complexity index is 1020. The van der Waals surface area contributed by atoms with Gasteiger partial charge in [-0.3, -0.25) is 4.72 Å². The quantitative estimate of drug-likeness (QED) is 0.712. The summed E-state index contributed by atoms with van der Waals surface area (Å²) in [5.41, 5.74) is 1.34. The summed E-state index contributed by atoms with van der Waals surface area (Å²) in [6.07, 6.45) is 1.33. The number of methoxy groups -OCH3 is 2. The maximum atomic E-state index is 13.1. The zero-order valence-electron chi connectivity index (χ0n) is 14.5. The van der Waals surface area contributed by atoms with Crippen molar-refractivity contribution in [1.82, 2.24) is 15.0 Å². The molecular weight excluding hydrogens is 356 g/mol. The molecule has 3 rings (SSSR count). The number of rotatable bonds is 6. The van der Waals surface area contributed by atoms with Gasteiger partial charge in [-0.25, -0.2) is 8.42 Å². The first-order chi connectivity index (χ1) is 12.5. The van der Waals surface area contributed by atoms with Crippen LogP contribution in [0.4, 0.5) is 5.82 Å². The molecule has 0 bridgehead atoms. The number of para-hydroxylation sites is 1. The summed E-state index contributed by atoms with van der Waals surface area (Å²) < 4.78 is 40.5. The molecular formula is C17H18N4O4S. The summed E-state index contributed by atoms with van der Waals surface area (Å²) in [6, 6.07) is 12.4. The SMILES string of the molecule is COc1ccc(C)c(OC)c1S(=O)(=O)Nc1cnnn1-c1ccccc1. The summed E-state index contributed by atoms with van der Waals surface area (Å²) in [5, 5.41) is 7.75. The van der Waals surface area contributed by atoms with Crippen molar-refractivity contribution in [2.45, 2.75) is 11.8 Å². The highest BCUT2D eigenvalue weighted by Crippen LogP contribution is 2.36. The number of benzene rings is 2. The van der Waals surface area contributed by atoms with Gasteiger partial charge in [-0.05, 0) is 30.7 Å². The van der Waals surface area contributed by atoms with E-state index in [9.17, 15) is 8.42 Å². The lowest BCUT2D eigenvalue weighted by Crippen LogP contribution is -2.18. The molecule has 0 aliphatic rings. The Kier molecular flexibility index (Phi) is 4.81. The van der Waals surface area contributed by atoms with Crippen molar-refractivity contribution in [3.63, 3.8) is 0 Å². The van der Waals surface area contributed by atoms with Crippen LogP contribution in [0, 0.1) is 6.92 Å². The monoisotopic (exact) mass is 374 g/mol. The molecule has 1 aromatic heterocycles. The van der Waals surface area contributed by atoms with Gasteiger partial charge in [0.15, 0.2) is 10.7 Å². The van der Waals surface area contributed by atoms with Gasteiger partial charge in [-0.15, -0.1) is 5.10 Å². The Balaban J connectivity index is 2.08. The predicted octanol–water partition coefficient (Wildman–Crippen LogP) is 2.39. The lowest BCUT2D eigenvalue weighted by molar-refractivity contribution is 0.371. The molecule has 9 heteroatoms. The lowest BCUT2D eigenvalue weighted by Gasteiger charge is -2.16. The molecule has 0 atom stereocenters. The molecule has 0 spiro atoms. The van der Waals surface area contributed by atoms with E-state index in [4.69, 9.17) is 9.47 Å². The van der Waals surface area contributed by atoms with E-state index in [0.29, 0.717) is 11.3 Å². The van der Waals surface area contributed by atoms with Crippen LogP contribution in [0.1, 0.15) is 5.56 Å². The molecule has 3 aromatic rings. The Labute approximate surface area is 151 Å². The lowest BCUT2D eigenvalue weighted by atomic mass is 10.2. The number of aryl methyl sites for hydroxylation is 1. The standard InChI is InChI=1S/C17H18N4O4S/c1-12-9-10-14(24-2)17(16(12)25-3)26(22,23)19-15-11-18-20-21(15)13-7-5-4-6-8-13/h4-11,19H,1-3H3. The van der Waals surface area contributed by atoms with Gasteiger partial charge in [-0.1, -0.05) is 29.5 Å². The van der Waals surface area contributed by atoms with Crippen LogP contribution in [0.25, 0.3) is 5.69 Å². The summed E-state index contributed by atoms with van der Waals surface area (Å²) in [5.74, 6) is 0.594. The molecule has 0 saturated heterocycles. The van der Waals surface area contributed by atoms with E-state index < -0.39 is 10.0 Å². The summed E-state index contributed by atoms with van der Waals surface area (Å²) in [7, 11) is -1.21. The van der Waals surface area contributed by atoms with Gasteiger partial charge < -0.3 is 9.47 Å². The van der Waals surface area contributed by atoms with Gasteiger partial charge in [0.1, 0.15) is 11.5 Å². The average molecular weight is 374 g/mol. The summed E-state index contributed by atoms with van der Waals surface area (Å²) in [4.78, 5) is -0.0803. The van der Waals surface area contributed by atoms with Crippen molar-refractivity contribution < 1.29 is 17.9 Å². The normalized spacial score (nSPS) is 11.2. The van der Waals surface area contributed by atoms with Crippen LogP contribution in [0.3, 0.4) is 0 Å². The number of ether oxygens (including phenoxy) is 2. The highest BCUT2D eigenvalue weighted by atomic mass is 32.2. The maximum Gasteiger partial charge on any atom is 0.270 e. The molecule has 1 N–H and O–H groups in total. The molecule has 0 saturated carbocycles. The minimum absolute atomic E-state index is 0.0803. The van der Waals surface area contributed by atoms with Crippen LogP contribution in [-0.2, 0) is 10.0 Å². The molecule has 0 fully saturated rings. The highest BCUT2D eigenvalue weighted by molar-refractivity contribution is 7.93. The second-order valence-corrected chi connectivity index (χ2v) is 7.04. The summed E-state index contributed by atoms with van der Waals surface area (Å²) in [6.45, 7) is 1.76. The van der Waals surface area contributed by atoms with Crippen molar-refractivity contribution in [2.75, 3.05) is 18.9 Å². The zero-order chi connectivity index (χ0) is 18.7. The molecule has 1 heterocycles. The molecule has 0 aliphatic carbocycles. The number of nitrogens with one attached hydrogen (secondary N) is 1. The first kappa shape index (κ1) is 17.7. The number of nitrogens with zero attached hydrogens (tertiary/aromatic N) is 3. The fourth-order valence-electron chi connectivity index (χ4n) is 2.57. The maximum absolute atomic E-state index is 13.1. The van der Waals surface area contributed by atoms with Gasteiger partial charge in [0.05, 0.1) is 26.1 Å². The number of hydrogen-bond acceptors (Lipinski definition) is 6. The van der Waals surface area contributed by atoms with E-state index in [-0.39, 0.29) is 22.2 Å². The van der Waals surface area contributed by atoms with Gasteiger partial charge in [0.2, 0.25) is 0 Å². The van der Waals surface area contributed by atoms with Gasteiger partial charge in [0.25, 0.3) is 10.0 Å². The van der Waals surface area contributed by atoms with E-state index >= 15 is 0 Å². The van der Waals surface area contributed by atoms with E-state index in [1.165, 1.54) is 25.1 Å². The minimum Gasteiger partial charge on any atom is -0.495 e. The number of hydrogen-bond donors (Lipinski definition) is 1. The first-order valence-corrected chi connectivity index (χ1v) is 9.16. The van der Waals surface area contributed by atoms with Crippen molar-refractivity contribution in [1.29, 1.82) is 0 Å². The molecule has 0 radical (unpaired) electrons. The minimum atomic E-state index is -4.02. The predicted molar refractivity (Wildman–Crippen MR) is 96.5 cm³/mol. The van der Waals surface area contributed by atoms with Crippen molar-refractivity contribution >= 4 is 15.8 Å². The molecule has 136 valence electrons. The molecule has 0 amide bonds. The largest absolute Gasteiger partial charge is 0.495 e. The van der Waals surface area contributed by atoms with Crippen LogP contribution < -0.4 is 14.2 Å². The van der Waals surface area contributed by atoms with E-state index in [1.807, 2.05) is 18.2 Å². The third-order valence-corrected chi connectivity index (χ3v) is 5.16. The van der Waals surface area contributed by atoms with Crippen LogP contribution in [-0.4, -0.2) is 37.6 Å². The molecule has 0 aliphatic heterocycles. The van der Waals surface area contributed by atoms with Crippen LogP contribution >= 0.6 is 0 Å². The Morgan fingerprint density at radius 2 is 1.77 bits per heavy atom. The average Bonchev–Trinajstić information content (AvgIpc) is 3.09. The van der Waals surface area contributed by atoms with E-state index in [1.54, 1.807) is 31.2 Å². The third-order valence-electron chi connectivity index (χ3n) is 3.75. The van der Waals surface area contributed by atoms with Gasteiger partial charge in [0, 0.05) is 0 Å². The van der Waals surface area contributed by atoms with Crippen LogP contribution in [0.2, 0.25) is 0 Å². The van der Waals surface area contributed by atoms with E-state index in [2.05, 4.69) is 15.0 Å². The zero-order valence-corrected chi connectivity index (χ0v) is 15.3. The molecule has 8 nitrogen and oxygen atoms in total. The Hall–Kier alpha value is -3.07. The second-order valence-electron chi connectivity index (χ2n) is 5.42. The Morgan fingerprint density at radius 3 is 2.42 bits per heavy atom. The van der Waals surface area contributed by atoms with Gasteiger partial charge in [-0.2, -0.15) is 4.68 Å². The first-order valence-electron chi connectivity index (χ1n) is 7.68. The Morgan fingerprint density at radius 1 is 1.04 bits per heavy atom.